The molecule has 0 aromatic heterocycles. The van der Waals surface area contributed by atoms with Crippen LogP contribution in [0, 0.1) is 10.8 Å². The van der Waals surface area contributed by atoms with Crippen LogP contribution in [-0.2, 0) is 9.13 Å². The van der Waals surface area contributed by atoms with Crippen molar-refractivity contribution in [2.24, 2.45) is 10.8 Å². The van der Waals surface area contributed by atoms with Crippen molar-refractivity contribution in [3.63, 3.8) is 0 Å². The second-order valence-corrected chi connectivity index (χ2v) is 15.9. The lowest BCUT2D eigenvalue weighted by Gasteiger charge is -2.32. The van der Waals surface area contributed by atoms with E-state index in [2.05, 4.69) is 69.2 Å². The number of hydrogen-bond acceptors (Lipinski definition) is 2. The number of hydrogen-bond donors (Lipinski definition) is 0. The van der Waals surface area contributed by atoms with E-state index in [0.717, 1.165) is 21.3 Å². The van der Waals surface area contributed by atoms with Gasteiger partial charge in [-0.25, -0.2) is 0 Å². The summed E-state index contributed by atoms with van der Waals surface area (Å²) in [7, 11) is -5.40. The minimum absolute atomic E-state index is 0.0886. The second-order valence-electron chi connectivity index (χ2n) is 9.44. The van der Waals surface area contributed by atoms with E-state index in [4.69, 9.17) is 0 Å². The van der Waals surface area contributed by atoms with Crippen LogP contribution in [0.5, 0.6) is 0 Å². The first-order valence-electron chi connectivity index (χ1n) is 9.76. The molecule has 0 aromatic rings. The highest BCUT2D eigenvalue weighted by molar-refractivity contribution is 7.79. The lowest BCUT2D eigenvalue weighted by atomic mass is 9.72. The summed E-state index contributed by atoms with van der Waals surface area (Å²) in [5.74, 6) is 0. The van der Waals surface area contributed by atoms with Gasteiger partial charge in [-0.1, -0.05) is 50.0 Å². The van der Waals surface area contributed by atoms with Gasteiger partial charge in [0.15, 0.2) is 0 Å². The molecule has 2 nitrogen and oxygen atoms in total. The summed E-state index contributed by atoms with van der Waals surface area (Å²) in [6, 6.07) is 0. The van der Waals surface area contributed by atoms with Crippen molar-refractivity contribution in [1.82, 2.24) is 0 Å². The highest BCUT2D eigenvalue weighted by Gasteiger charge is 2.68. The van der Waals surface area contributed by atoms with Gasteiger partial charge in [-0.05, 0) is 52.2 Å². The highest BCUT2D eigenvalue weighted by atomic mass is 31.2. The van der Waals surface area contributed by atoms with Gasteiger partial charge in [0.2, 0.25) is 0 Å². The summed E-state index contributed by atoms with van der Waals surface area (Å²) in [5, 5.41) is 4.14. The Kier molecular flexibility index (Phi) is 3.39. The van der Waals surface area contributed by atoms with E-state index < -0.39 is 14.3 Å². The molecule has 0 amide bonds. The number of allylic oxidation sites excluding steroid dienone is 8. The molecule has 26 heavy (non-hydrogen) atoms. The molecule has 0 aliphatic carbocycles. The Labute approximate surface area is 158 Å². The molecule has 0 spiro atoms. The van der Waals surface area contributed by atoms with E-state index in [9.17, 15) is 9.13 Å². The molecule has 4 bridgehead atoms. The molecule has 4 heteroatoms. The lowest BCUT2D eigenvalue weighted by Crippen LogP contribution is -2.24. The molecule has 6 atom stereocenters. The molecular formula is C22H32O2P2. The molecule has 142 valence electrons. The van der Waals surface area contributed by atoms with Crippen molar-refractivity contribution < 1.29 is 9.13 Å². The second kappa shape index (κ2) is 4.69. The minimum atomic E-state index is -2.70. The van der Waals surface area contributed by atoms with Crippen LogP contribution in [0.2, 0.25) is 0 Å². The number of fused-ring (bicyclic) bond motifs is 4. The largest absolute Gasteiger partial charge is 0.314 e. The molecular weight excluding hydrogens is 358 g/mol. The van der Waals surface area contributed by atoms with Crippen molar-refractivity contribution in [3.8, 4) is 0 Å². The van der Waals surface area contributed by atoms with Crippen LogP contribution in [-0.4, -0.2) is 11.3 Å². The van der Waals surface area contributed by atoms with Crippen molar-refractivity contribution >= 4 is 14.3 Å². The van der Waals surface area contributed by atoms with Crippen molar-refractivity contribution in [3.05, 3.63) is 43.5 Å². The third-order valence-electron chi connectivity index (χ3n) is 9.56. The van der Waals surface area contributed by atoms with Crippen LogP contribution >= 0.6 is 14.3 Å². The van der Waals surface area contributed by atoms with Gasteiger partial charge in [0, 0.05) is 32.8 Å². The van der Waals surface area contributed by atoms with Crippen molar-refractivity contribution in [2.45, 2.75) is 80.6 Å². The highest BCUT2D eigenvalue weighted by Crippen LogP contribution is 2.91. The lowest BCUT2D eigenvalue weighted by molar-refractivity contribution is 0.477. The predicted molar refractivity (Wildman–Crippen MR) is 112 cm³/mol. The maximum atomic E-state index is 14.5. The summed E-state index contributed by atoms with van der Waals surface area (Å²) in [4.78, 5) is 0. The van der Waals surface area contributed by atoms with E-state index in [1.807, 2.05) is 0 Å². The fraction of sp³-hybridized carbons (Fsp3) is 0.636. The first kappa shape index (κ1) is 18.8. The fourth-order valence-electron chi connectivity index (χ4n) is 6.76. The molecule has 0 fully saturated rings. The normalized spacial score (nSPS) is 50.2. The quantitative estimate of drug-likeness (QED) is 0.430. The van der Waals surface area contributed by atoms with Gasteiger partial charge < -0.3 is 9.13 Å². The Morgan fingerprint density at radius 3 is 1.12 bits per heavy atom. The SMILES string of the molecule is CC1=C(C)P2(=O)C(C3=C(C)[C@@]4(C)C(C)=C(C)P3(=O)C4C)=C(C)[C@@]1(C)C2C. The fourth-order valence-corrected chi connectivity index (χ4v) is 16.4. The Balaban J connectivity index is 2.09. The standard InChI is InChI=1S/C22H32O2P2/c1-11-15(5)25(23)17(7)21(11,9)13(3)19(25)20-14(4)22(10)12(2)16(6)26(20,24)18(22)8/h17-18H,1-10H3/t17?,18?,21-,22+,25?,26?. The molecule has 0 aromatic carbocycles. The molecule has 4 unspecified atom stereocenters. The molecule has 0 saturated heterocycles. The van der Waals surface area contributed by atoms with Gasteiger partial charge in [-0.2, -0.15) is 0 Å². The minimum Gasteiger partial charge on any atom is -0.314 e. The van der Waals surface area contributed by atoms with Crippen LogP contribution in [0.15, 0.2) is 43.5 Å². The van der Waals surface area contributed by atoms with Gasteiger partial charge >= 0.3 is 0 Å². The molecule has 4 heterocycles. The molecule has 0 saturated carbocycles. The van der Waals surface area contributed by atoms with Crippen LogP contribution in [0.1, 0.15) is 69.2 Å². The summed E-state index contributed by atoms with van der Waals surface area (Å²) in [6.07, 6.45) is 0. The third-order valence-corrected chi connectivity index (χ3v) is 18.1. The zero-order valence-electron chi connectivity index (χ0n) is 17.9. The Bertz CT molecular complexity index is 937. The third kappa shape index (κ3) is 1.41. The summed E-state index contributed by atoms with van der Waals surface area (Å²) in [5.41, 5.74) is 4.86. The zero-order chi connectivity index (χ0) is 19.8. The molecule has 4 rings (SSSR count). The van der Waals surface area contributed by atoms with Gasteiger partial charge in [0.1, 0.15) is 14.3 Å². The average molecular weight is 390 g/mol. The monoisotopic (exact) mass is 390 g/mol. The first-order chi connectivity index (χ1) is 11.7. The zero-order valence-corrected chi connectivity index (χ0v) is 19.7. The van der Waals surface area contributed by atoms with E-state index in [1.165, 1.54) is 22.3 Å². The first-order valence-corrected chi connectivity index (χ1v) is 13.3. The summed E-state index contributed by atoms with van der Waals surface area (Å²) in [6.45, 7) is 21.5. The maximum Gasteiger partial charge on any atom is 0.143 e. The van der Waals surface area contributed by atoms with Crippen LogP contribution in [0.3, 0.4) is 0 Å². The molecule has 0 radical (unpaired) electrons. The van der Waals surface area contributed by atoms with Crippen LogP contribution in [0.4, 0.5) is 0 Å². The van der Waals surface area contributed by atoms with E-state index in [0.29, 0.717) is 0 Å². The van der Waals surface area contributed by atoms with Crippen molar-refractivity contribution in [1.29, 1.82) is 0 Å². The smallest absolute Gasteiger partial charge is 0.143 e. The predicted octanol–water partition coefficient (Wildman–Crippen LogP) is 7.69. The molecule has 4 aliphatic heterocycles. The number of rotatable bonds is 1. The van der Waals surface area contributed by atoms with Gasteiger partial charge in [-0.3, -0.25) is 0 Å². The summed E-state index contributed by atoms with van der Waals surface area (Å²) < 4.78 is 29.0. The Hall–Kier alpha value is -0.580. The van der Waals surface area contributed by atoms with E-state index in [1.54, 1.807) is 0 Å². The maximum absolute atomic E-state index is 14.5. The van der Waals surface area contributed by atoms with Gasteiger partial charge in [0.25, 0.3) is 0 Å². The van der Waals surface area contributed by atoms with Crippen molar-refractivity contribution in [2.75, 3.05) is 0 Å². The average Bonchev–Trinajstić information content (AvgIpc) is 2.97. The van der Waals surface area contributed by atoms with Gasteiger partial charge in [-0.15, -0.1) is 0 Å². The van der Waals surface area contributed by atoms with E-state index in [-0.39, 0.29) is 22.1 Å². The van der Waals surface area contributed by atoms with E-state index >= 15 is 0 Å². The topological polar surface area (TPSA) is 34.1 Å². The summed E-state index contributed by atoms with van der Waals surface area (Å²) >= 11 is 0. The van der Waals surface area contributed by atoms with Gasteiger partial charge in [0.05, 0.1) is 0 Å². The van der Waals surface area contributed by atoms with Crippen LogP contribution in [0.25, 0.3) is 0 Å². The molecule has 4 aliphatic rings. The molecule has 0 N–H and O–H groups in total. The van der Waals surface area contributed by atoms with Crippen LogP contribution < -0.4 is 0 Å². The Morgan fingerprint density at radius 2 is 0.885 bits per heavy atom. The Morgan fingerprint density at radius 1 is 0.615 bits per heavy atom.